The fourth-order valence-electron chi connectivity index (χ4n) is 2.04. The second kappa shape index (κ2) is 8.23. The van der Waals surface area contributed by atoms with Gasteiger partial charge in [0, 0.05) is 18.0 Å². The maximum Gasteiger partial charge on any atom is 0.311 e. The van der Waals surface area contributed by atoms with Crippen molar-refractivity contribution in [2.75, 3.05) is 7.05 Å². The molecule has 0 aliphatic rings. The molecule has 0 fully saturated rings. The largest absolute Gasteiger partial charge is 0.357 e. The van der Waals surface area contributed by atoms with Gasteiger partial charge in [-0.15, -0.1) is 0 Å². The highest BCUT2D eigenvalue weighted by atomic mass is 32.1. The Morgan fingerprint density at radius 3 is 2.64 bits per heavy atom. The van der Waals surface area contributed by atoms with E-state index in [0.717, 1.165) is 15.9 Å². The van der Waals surface area contributed by atoms with Crippen LogP contribution >= 0.6 is 11.3 Å². The Labute approximate surface area is 131 Å². The van der Waals surface area contributed by atoms with E-state index < -0.39 is 22.4 Å². The highest BCUT2D eigenvalue weighted by molar-refractivity contribution is 7.06. The minimum Gasteiger partial charge on any atom is -0.357 e. The zero-order valence-corrected chi connectivity index (χ0v) is 13.3. The summed E-state index contributed by atoms with van der Waals surface area (Å²) >= 11 is 0.879. The quantitative estimate of drug-likeness (QED) is 0.702. The second-order valence-electron chi connectivity index (χ2n) is 4.39. The Morgan fingerprint density at radius 2 is 2.14 bits per heavy atom. The van der Waals surface area contributed by atoms with Gasteiger partial charge in [0.15, 0.2) is 0 Å². The molecule has 0 spiro atoms. The number of rotatable bonds is 6. The molecular weight excluding hydrogens is 304 g/mol. The summed E-state index contributed by atoms with van der Waals surface area (Å²) in [6.07, 6.45) is 5.44. The van der Waals surface area contributed by atoms with Crippen molar-refractivity contribution in [2.24, 2.45) is 0 Å². The molecule has 1 rings (SSSR count). The van der Waals surface area contributed by atoms with Gasteiger partial charge in [0.2, 0.25) is 5.91 Å². The van der Waals surface area contributed by atoms with Crippen molar-refractivity contribution in [1.82, 2.24) is 9.88 Å². The van der Waals surface area contributed by atoms with Crippen molar-refractivity contribution in [3.05, 3.63) is 42.4 Å². The molecule has 0 aliphatic carbocycles. The van der Waals surface area contributed by atoms with Gasteiger partial charge in [0.1, 0.15) is 12.3 Å². The van der Waals surface area contributed by atoms with Gasteiger partial charge in [-0.3, -0.25) is 19.0 Å². The number of nitrogens with zero attached hydrogens (tertiary/aromatic N) is 1. The minimum atomic E-state index is -1.01. The van der Waals surface area contributed by atoms with E-state index in [9.17, 15) is 19.2 Å². The van der Waals surface area contributed by atoms with E-state index in [0.29, 0.717) is 16.0 Å². The summed E-state index contributed by atoms with van der Waals surface area (Å²) in [7, 11) is 1.42. The maximum absolute atomic E-state index is 12.6. The molecular formula is C15H18N2O4S. The normalized spacial score (nSPS) is 13.7. The first-order chi connectivity index (χ1) is 10.5. The summed E-state index contributed by atoms with van der Waals surface area (Å²) in [5.41, 5.74) is -0.559. The summed E-state index contributed by atoms with van der Waals surface area (Å²) in [5.74, 6) is -0.481. The van der Waals surface area contributed by atoms with E-state index in [-0.39, 0.29) is 12.8 Å². The van der Waals surface area contributed by atoms with Crippen LogP contribution in [0.2, 0.25) is 0 Å². The van der Waals surface area contributed by atoms with Crippen LogP contribution in [-0.2, 0) is 9.59 Å². The lowest BCUT2D eigenvalue weighted by Gasteiger charge is -2.16. The number of nitrogens with one attached hydrogen (secondary N) is 1. The number of aldehydes is 1. The average molecular weight is 322 g/mol. The molecule has 0 saturated heterocycles. The number of hydrogen-bond acceptors (Lipinski definition) is 5. The predicted molar refractivity (Wildman–Crippen MR) is 87.3 cm³/mol. The van der Waals surface area contributed by atoms with Gasteiger partial charge in [-0.25, -0.2) is 0 Å². The van der Waals surface area contributed by atoms with Crippen molar-refractivity contribution < 1.29 is 9.59 Å². The predicted octanol–water partition coefficient (Wildman–Crippen LogP) is -0.697. The molecule has 0 radical (unpaired) electrons. The van der Waals surface area contributed by atoms with Crippen LogP contribution in [0.25, 0.3) is 12.2 Å². The molecule has 1 aromatic heterocycles. The summed E-state index contributed by atoms with van der Waals surface area (Å²) in [4.78, 5) is 46.9. The Balaban J connectivity index is 3.75. The second-order valence-corrected chi connectivity index (χ2v) is 5.38. The van der Waals surface area contributed by atoms with Crippen LogP contribution in [0.15, 0.2) is 22.2 Å². The van der Waals surface area contributed by atoms with E-state index in [1.165, 1.54) is 19.2 Å². The monoisotopic (exact) mass is 322 g/mol. The van der Waals surface area contributed by atoms with Gasteiger partial charge in [-0.2, -0.15) is 0 Å². The fourth-order valence-corrected chi connectivity index (χ4v) is 2.92. The molecule has 1 heterocycles. The van der Waals surface area contributed by atoms with E-state index in [4.69, 9.17) is 0 Å². The average Bonchev–Trinajstić information content (AvgIpc) is 2.52. The molecule has 6 nitrogen and oxygen atoms in total. The number of carbonyl (C=O) groups excluding carboxylic acids is 2. The zero-order valence-electron chi connectivity index (χ0n) is 12.5. The number of allylic oxidation sites excluding steroid dienone is 1. The number of amides is 1. The molecule has 1 amide bonds. The van der Waals surface area contributed by atoms with Gasteiger partial charge >= 0.3 is 4.87 Å². The van der Waals surface area contributed by atoms with E-state index >= 15 is 0 Å². The highest BCUT2D eigenvalue weighted by Gasteiger charge is 2.23. The zero-order chi connectivity index (χ0) is 16.7. The summed E-state index contributed by atoms with van der Waals surface area (Å²) in [5, 5.41) is 2.73. The number of aromatic nitrogens is 1. The van der Waals surface area contributed by atoms with Crippen LogP contribution in [0.5, 0.6) is 0 Å². The lowest BCUT2D eigenvalue weighted by Crippen LogP contribution is -2.52. The third kappa shape index (κ3) is 3.67. The van der Waals surface area contributed by atoms with Crippen LogP contribution < -0.4 is 25.5 Å². The molecule has 7 heteroatoms. The fraction of sp³-hybridized carbons (Fsp3) is 0.333. The SMILES string of the molecule is C=C/C=c1/c(=O)n(C(CCC=O)C(=O)NC)c(=O)s/c1=C/C. The van der Waals surface area contributed by atoms with Crippen molar-refractivity contribution in [3.8, 4) is 0 Å². The van der Waals surface area contributed by atoms with Crippen molar-refractivity contribution in [2.45, 2.75) is 25.8 Å². The smallest absolute Gasteiger partial charge is 0.311 e. The lowest BCUT2D eigenvalue weighted by atomic mass is 10.1. The van der Waals surface area contributed by atoms with Crippen LogP contribution in [0.1, 0.15) is 25.8 Å². The maximum atomic E-state index is 12.6. The van der Waals surface area contributed by atoms with Crippen molar-refractivity contribution in [3.63, 3.8) is 0 Å². The topological polar surface area (TPSA) is 85.2 Å². The Hall–Kier alpha value is -2.28. The first-order valence-electron chi connectivity index (χ1n) is 6.71. The molecule has 1 N–H and O–H groups in total. The van der Waals surface area contributed by atoms with Crippen LogP contribution in [0, 0.1) is 0 Å². The summed E-state index contributed by atoms with van der Waals surface area (Å²) in [6, 6.07) is -1.01. The van der Waals surface area contributed by atoms with E-state index in [1.54, 1.807) is 13.0 Å². The lowest BCUT2D eigenvalue weighted by molar-refractivity contribution is -0.124. The van der Waals surface area contributed by atoms with E-state index in [2.05, 4.69) is 11.9 Å². The van der Waals surface area contributed by atoms with Gasteiger partial charge in [0.25, 0.3) is 5.56 Å². The Morgan fingerprint density at radius 1 is 1.45 bits per heavy atom. The molecule has 0 saturated carbocycles. The van der Waals surface area contributed by atoms with Gasteiger partial charge < -0.3 is 10.1 Å². The number of likely N-dealkylation sites (N-methyl/N-ethyl adjacent to an activating group) is 1. The Bertz CT molecular complexity index is 804. The number of carbonyl (C=O) groups is 2. The highest BCUT2D eigenvalue weighted by Crippen LogP contribution is 2.08. The molecule has 1 unspecified atom stereocenters. The molecule has 22 heavy (non-hydrogen) atoms. The van der Waals surface area contributed by atoms with Crippen molar-refractivity contribution in [1.29, 1.82) is 0 Å². The molecule has 1 aromatic rings. The van der Waals surface area contributed by atoms with Crippen LogP contribution in [-0.4, -0.2) is 23.8 Å². The third-order valence-corrected chi connectivity index (χ3v) is 4.12. The Kier molecular flexibility index (Phi) is 6.65. The van der Waals surface area contributed by atoms with Gasteiger partial charge in [-0.1, -0.05) is 30.1 Å². The molecule has 118 valence electrons. The first kappa shape index (κ1) is 17.8. The molecule has 0 aliphatic heterocycles. The molecule has 0 bridgehead atoms. The van der Waals surface area contributed by atoms with Gasteiger partial charge in [0.05, 0.1) is 5.22 Å². The molecule has 0 aromatic carbocycles. The van der Waals surface area contributed by atoms with Crippen LogP contribution in [0.3, 0.4) is 0 Å². The summed E-state index contributed by atoms with van der Waals surface area (Å²) in [6.45, 7) is 5.27. The third-order valence-electron chi connectivity index (χ3n) is 3.07. The summed E-state index contributed by atoms with van der Waals surface area (Å²) < 4.78 is 1.44. The van der Waals surface area contributed by atoms with Crippen molar-refractivity contribution >= 4 is 35.7 Å². The molecule has 1 atom stereocenters. The van der Waals surface area contributed by atoms with E-state index in [1.807, 2.05) is 0 Å². The van der Waals surface area contributed by atoms with Crippen LogP contribution in [0.4, 0.5) is 0 Å². The standard InChI is InChI=1S/C15H18N2O4S/c1-4-7-10-12(5-2)22-15(21)17(14(10)20)11(8-6-9-18)13(19)16-3/h4-5,7,9,11H,1,6,8H2,2-3H3,(H,16,19)/b10-7+,12-5+. The number of hydrogen-bond donors (Lipinski definition) is 1. The first-order valence-corrected chi connectivity index (χ1v) is 7.53. The minimum absolute atomic E-state index is 0.0802. The van der Waals surface area contributed by atoms with Gasteiger partial charge in [-0.05, 0) is 19.4 Å².